The molecule has 1 heterocycles. The first kappa shape index (κ1) is 16.4. The molecule has 1 aromatic carbocycles. The van der Waals surface area contributed by atoms with E-state index in [0.717, 1.165) is 31.5 Å². The molecule has 1 fully saturated rings. The van der Waals surface area contributed by atoms with E-state index in [0.29, 0.717) is 22.6 Å². The van der Waals surface area contributed by atoms with Gasteiger partial charge in [-0.05, 0) is 50.4 Å². The predicted molar refractivity (Wildman–Crippen MR) is 84.3 cm³/mol. The molecule has 1 aliphatic heterocycles. The van der Waals surface area contributed by atoms with E-state index < -0.39 is 0 Å². The maximum Gasteiger partial charge on any atom is 0.179 e. The number of hydrogen-bond acceptors (Lipinski definition) is 4. The van der Waals surface area contributed by atoms with Crippen molar-refractivity contribution in [1.82, 2.24) is 4.90 Å². The summed E-state index contributed by atoms with van der Waals surface area (Å²) in [4.78, 5) is 2.41. The molecule has 0 radical (unpaired) electrons. The lowest BCUT2D eigenvalue weighted by Gasteiger charge is -2.26. The van der Waals surface area contributed by atoms with Crippen LogP contribution in [-0.2, 0) is 6.54 Å². The second-order valence-electron chi connectivity index (χ2n) is 5.66. The number of ether oxygens (including phenoxy) is 2. The van der Waals surface area contributed by atoms with E-state index in [4.69, 9.17) is 21.1 Å². The minimum absolute atomic E-state index is 0.260. The van der Waals surface area contributed by atoms with Gasteiger partial charge in [0, 0.05) is 12.6 Å². The molecule has 0 spiro atoms. The lowest BCUT2D eigenvalue weighted by atomic mass is 10.1. The van der Waals surface area contributed by atoms with Gasteiger partial charge in [0.25, 0.3) is 0 Å². The number of methoxy groups -OCH3 is 2. The maximum atomic E-state index is 9.61. The number of rotatable bonds is 6. The van der Waals surface area contributed by atoms with Gasteiger partial charge < -0.3 is 14.6 Å². The van der Waals surface area contributed by atoms with Crippen LogP contribution in [0.2, 0.25) is 5.02 Å². The number of benzene rings is 1. The lowest BCUT2D eigenvalue weighted by Crippen LogP contribution is -2.31. The van der Waals surface area contributed by atoms with Gasteiger partial charge in [0.05, 0.1) is 25.3 Å². The van der Waals surface area contributed by atoms with Crippen molar-refractivity contribution in [2.75, 3.05) is 20.8 Å². The monoisotopic (exact) mass is 313 g/mol. The normalized spacial score (nSPS) is 20.5. The first-order valence-corrected chi connectivity index (χ1v) is 7.75. The van der Waals surface area contributed by atoms with Crippen LogP contribution >= 0.6 is 11.6 Å². The number of nitrogens with zero attached hydrogens (tertiary/aromatic N) is 1. The topological polar surface area (TPSA) is 41.9 Å². The van der Waals surface area contributed by atoms with Crippen LogP contribution in [0.15, 0.2) is 12.1 Å². The Morgan fingerprint density at radius 3 is 2.76 bits per heavy atom. The van der Waals surface area contributed by atoms with E-state index >= 15 is 0 Å². The Labute approximate surface area is 131 Å². The van der Waals surface area contributed by atoms with Gasteiger partial charge in [-0.25, -0.2) is 0 Å². The minimum atomic E-state index is -0.260. The molecule has 2 unspecified atom stereocenters. The molecule has 1 aliphatic rings. The number of aliphatic hydroxyl groups is 1. The van der Waals surface area contributed by atoms with Crippen LogP contribution in [0.1, 0.15) is 31.7 Å². The van der Waals surface area contributed by atoms with Crippen molar-refractivity contribution >= 4 is 11.6 Å². The quantitative estimate of drug-likeness (QED) is 0.876. The zero-order chi connectivity index (χ0) is 15.4. The molecule has 5 heteroatoms. The largest absolute Gasteiger partial charge is 0.493 e. The fraction of sp³-hybridized carbons (Fsp3) is 0.625. The van der Waals surface area contributed by atoms with Crippen molar-refractivity contribution in [1.29, 1.82) is 0 Å². The Morgan fingerprint density at radius 2 is 2.14 bits per heavy atom. The highest BCUT2D eigenvalue weighted by atomic mass is 35.5. The molecule has 4 nitrogen and oxygen atoms in total. The minimum Gasteiger partial charge on any atom is -0.493 e. The predicted octanol–water partition coefficient (Wildman–Crippen LogP) is 3.09. The Hall–Kier alpha value is -0.970. The molecular formula is C16H24ClNO3. The third-order valence-electron chi connectivity index (χ3n) is 3.99. The molecule has 118 valence electrons. The summed E-state index contributed by atoms with van der Waals surface area (Å²) in [5, 5.41) is 10.2. The van der Waals surface area contributed by atoms with Gasteiger partial charge in [0.2, 0.25) is 0 Å². The molecule has 0 saturated carbocycles. The average Bonchev–Trinajstić information content (AvgIpc) is 2.84. The number of likely N-dealkylation sites (tertiary alicyclic amines) is 1. The van der Waals surface area contributed by atoms with Gasteiger partial charge in [0.15, 0.2) is 11.5 Å². The molecule has 0 amide bonds. The van der Waals surface area contributed by atoms with Crippen molar-refractivity contribution in [3.05, 3.63) is 22.7 Å². The Morgan fingerprint density at radius 1 is 1.38 bits per heavy atom. The van der Waals surface area contributed by atoms with Crippen LogP contribution in [0.5, 0.6) is 11.5 Å². The molecule has 1 N–H and O–H groups in total. The van der Waals surface area contributed by atoms with Gasteiger partial charge in [0.1, 0.15) is 0 Å². The van der Waals surface area contributed by atoms with Crippen molar-refractivity contribution in [2.45, 2.75) is 44.9 Å². The molecule has 0 aliphatic carbocycles. The Balaban J connectivity index is 2.13. The Kier molecular flexibility index (Phi) is 5.73. The van der Waals surface area contributed by atoms with E-state index in [2.05, 4.69) is 4.90 Å². The van der Waals surface area contributed by atoms with Crippen LogP contribution in [0.4, 0.5) is 0 Å². The SMILES string of the molecule is COc1cc(CN2CCCC2CC(C)O)cc(Cl)c1OC. The van der Waals surface area contributed by atoms with Crippen LogP contribution in [-0.4, -0.2) is 42.9 Å². The molecule has 0 aromatic heterocycles. The van der Waals surface area contributed by atoms with Gasteiger partial charge >= 0.3 is 0 Å². The molecule has 1 saturated heterocycles. The summed E-state index contributed by atoms with van der Waals surface area (Å²) in [6.07, 6.45) is 2.88. The fourth-order valence-corrected chi connectivity index (χ4v) is 3.37. The summed E-state index contributed by atoms with van der Waals surface area (Å²) in [5.74, 6) is 1.23. The molecule has 2 atom stereocenters. The lowest BCUT2D eigenvalue weighted by molar-refractivity contribution is 0.130. The van der Waals surface area contributed by atoms with E-state index in [1.54, 1.807) is 14.2 Å². The zero-order valence-electron chi connectivity index (χ0n) is 12.9. The summed E-state index contributed by atoms with van der Waals surface area (Å²) < 4.78 is 10.6. The van der Waals surface area contributed by atoms with Gasteiger partial charge in [-0.1, -0.05) is 11.6 Å². The second kappa shape index (κ2) is 7.34. The van der Waals surface area contributed by atoms with E-state index in [1.807, 2.05) is 19.1 Å². The van der Waals surface area contributed by atoms with Crippen molar-refractivity contribution < 1.29 is 14.6 Å². The van der Waals surface area contributed by atoms with Crippen LogP contribution < -0.4 is 9.47 Å². The first-order valence-electron chi connectivity index (χ1n) is 7.37. The Bertz CT molecular complexity index is 479. The maximum absolute atomic E-state index is 9.61. The number of halogens is 1. The van der Waals surface area contributed by atoms with E-state index in [9.17, 15) is 5.11 Å². The van der Waals surface area contributed by atoms with Crippen molar-refractivity contribution in [3.63, 3.8) is 0 Å². The highest BCUT2D eigenvalue weighted by molar-refractivity contribution is 6.32. The van der Waals surface area contributed by atoms with Gasteiger partial charge in [-0.3, -0.25) is 4.90 Å². The van der Waals surface area contributed by atoms with Crippen LogP contribution in [0.25, 0.3) is 0 Å². The third-order valence-corrected chi connectivity index (χ3v) is 4.27. The first-order chi connectivity index (χ1) is 10.0. The van der Waals surface area contributed by atoms with Crippen LogP contribution in [0, 0.1) is 0 Å². The van der Waals surface area contributed by atoms with Crippen molar-refractivity contribution in [3.8, 4) is 11.5 Å². The third kappa shape index (κ3) is 4.02. The van der Waals surface area contributed by atoms with E-state index in [1.165, 1.54) is 6.42 Å². The summed E-state index contributed by atoms with van der Waals surface area (Å²) >= 11 is 6.26. The number of hydrogen-bond donors (Lipinski definition) is 1. The van der Waals surface area contributed by atoms with Crippen molar-refractivity contribution in [2.24, 2.45) is 0 Å². The summed E-state index contributed by atoms with van der Waals surface area (Å²) in [7, 11) is 3.20. The summed E-state index contributed by atoms with van der Waals surface area (Å²) in [6.45, 7) is 3.73. The second-order valence-corrected chi connectivity index (χ2v) is 6.07. The fourth-order valence-electron chi connectivity index (χ4n) is 3.06. The standard InChI is InChI=1S/C16H24ClNO3/c1-11(19)7-13-5-4-6-18(13)10-12-8-14(17)16(21-3)15(9-12)20-2/h8-9,11,13,19H,4-7,10H2,1-3H3. The molecule has 1 aromatic rings. The van der Waals surface area contributed by atoms with Gasteiger partial charge in [-0.2, -0.15) is 0 Å². The van der Waals surface area contributed by atoms with Gasteiger partial charge in [-0.15, -0.1) is 0 Å². The van der Waals surface area contributed by atoms with Crippen LogP contribution in [0.3, 0.4) is 0 Å². The summed E-state index contributed by atoms with van der Waals surface area (Å²) in [5.41, 5.74) is 1.11. The molecule has 21 heavy (non-hydrogen) atoms. The molecule has 0 bridgehead atoms. The highest BCUT2D eigenvalue weighted by Gasteiger charge is 2.26. The molecular weight excluding hydrogens is 290 g/mol. The highest BCUT2D eigenvalue weighted by Crippen LogP contribution is 2.37. The average molecular weight is 314 g/mol. The number of aliphatic hydroxyl groups excluding tert-OH is 1. The molecule has 2 rings (SSSR count). The van der Waals surface area contributed by atoms with E-state index in [-0.39, 0.29) is 6.10 Å². The zero-order valence-corrected chi connectivity index (χ0v) is 13.7. The smallest absolute Gasteiger partial charge is 0.179 e. The summed E-state index contributed by atoms with van der Waals surface area (Å²) in [6, 6.07) is 4.35.